The molecule has 140 valence electrons. The molecule has 0 spiro atoms. The molecule has 27 heavy (non-hydrogen) atoms. The molecule has 0 aliphatic carbocycles. The van der Waals surface area contributed by atoms with Gasteiger partial charge in [-0.2, -0.15) is 0 Å². The van der Waals surface area contributed by atoms with Gasteiger partial charge in [-0.3, -0.25) is 4.79 Å². The van der Waals surface area contributed by atoms with Crippen molar-refractivity contribution in [2.45, 2.75) is 13.5 Å². The fraction of sp³-hybridized carbons (Fsp3) is 0.211. The Bertz CT molecular complexity index is 925. The van der Waals surface area contributed by atoms with Crippen LogP contribution in [0.2, 0.25) is 0 Å². The molecule has 0 unspecified atom stereocenters. The Morgan fingerprint density at radius 1 is 1.15 bits per heavy atom. The lowest BCUT2D eigenvalue weighted by Gasteiger charge is -2.13. The van der Waals surface area contributed by atoms with Crippen LogP contribution in [0.1, 0.15) is 22.1 Å². The Kier molecular flexibility index (Phi) is 5.55. The van der Waals surface area contributed by atoms with Crippen LogP contribution in [-0.4, -0.2) is 30.1 Å². The highest BCUT2D eigenvalue weighted by atomic mass is 16.5. The monoisotopic (exact) mass is 368 g/mol. The van der Waals surface area contributed by atoms with Crippen LogP contribution in [0, 0.1) is 6.92 Å². The lowest BCUT2D eigenvalue weighted by Crippen LogP contribution is -2.24. The molecule has 2 aromatic heterocycles. The molecule has 0 saturated heterocycles. The topological polar surface area (TPSA) is 98.5 Å². The van der Waals surface area contributed by atoms with Gasteiger partial charge in [0.25, 0.3) is 5.91 Å². The van der Waals surface area contributed by atoms with E-state index < -0.39 is 0 Å². The van der Waals surface area contributed by atoms with Crippen LogP contribution in [0.25, 0.3) is 0 Å². The summed E-state index contributed by atoms with van der Waals surface area (Å²) in [7, 11) is 3.16. The average molecular weight is 368 g/mol. The van der Waals surface area contributed by atoms with E-state index in [0.29, 0.717) is 34.6 Å². The molecule has 0 radical (unpaired) electrons. The van der Waals surface area contributed by atoms with Crippen LogP contribution < -0.4 is 20.1 Å². The number of amides is 1. The van der Waals surface area contributed by atoms with Crippen LogP contribution in [-0.2, 0) is 6.54 Å². The smallest absolute Gasteiger partial charge is 0.270 e. The van der Waals surface area contributed by atoms with Crippen molar-refractivity contribution in [2.75, 3.05) is 19.5 Å². The van der Waals surface area contributed by atoms with Crippen molar-refractivity contribution < 1.29 is 18.7 Å². The van der Waals surface area contributed by atoms with E-state index in [0.717, 1.165) is 0 Å². The molecule has 0 bridgehead atoms. The van der Waals surface area contributed by atoms with Crippen molar-refractivity contribution >= 4 is 17.4 Å². The molecular weight excluding hydrogens is 348 g/mol. The molecule has 8 nitrogen and oxygen atoms in total. The quantitative estimate of drug-likeness (QED) is 0.661. The summed E-state index contributed by atoms with van der Waals surface area (Å²) in [6, 6.07) is 10.5. The second-order valence-corrected chi connectivity index (χ2v) is 5.64. The third-order valence-electron chi connectivity index (χ3n) is 3.74. The van der Waals surface area contributed by atoms with Gasteiger partial charge in [0.1, 0.15) is 34.6 Å². The molecule has 0 fully saturated rings. The summed E-state index contributed by atoms with van der Waals surface area (Å²) in [5, 5.41) is 5.91. The number of benzene rings is 1. The van der Waals surface area contributed by atoms with Gasteiger partial charge in [-0.1, -0.05) is 0 Å². The summed E-state index contributed by atoms with van der Waals surface area (Å²) in [6.07, 6.45) is 1.56. The first kappa shape index (κ1) is 18.2. The number of nitrogens with one attached hydrogen (secondary N) is 2. The van der Waals surface area contributed by atoms with Gasteiger partial charge in [-0.05, 0) is 31.2 Å². The number of rotatable bonds is 7. The summed E-state index contributed by atoms with van der Waals surface area (Å²) < 4.78 is 15.8. The van der Waals surface area contributed by atoms with E-state index >= 15 is 0 Å². The number of nitrogens with zero attached hydrogens (tertiary/aromatic N) is 2. The summed E-state index contributed by atoms with van der Waals surface area (Å²) in [5.74, 6) is 2.56. The number of hydrogen-bond acceptors (Lipinski definition) is 7. The van der Waals surface area contributed by atoms with E-state index in [-0.39, 0.29) is 18.1 Å². The zero-order valence-corrected chi connectivity index (χ0v) is 15.3. The third kappa shape index (κ3) is 4.55. The predicted molar refractivity (Wildman–Crippen MR) is 99.5 cm³/mol. The standard InChI is InChI=1S/C19H20N4O4/c1-12-21-16(19(24)20-11-14-5-4-8-27-14)10-18(22-12)23-15-9-13(25-2)6-7-17(15)26-3/h4-10H,11H2,1-3H3,(H,20,24)(H,21,22,23). The molecular formula is C19H20N4O4. The van der Waals surface area contributed by atoms with Crippen LogP contribution in [0.3, 0.4) is 0 Å². The highest BCUT2D eigenvalue weighted by molar-refractivity contribution is 5.93. The van der Waals surface area contributed by atoms with Crippen molar-refractivity contribution in [3.05, 3.63) is 59.9 Å². The number of carbonyl (C=O) groups is 1. The Labute approximate surface area is 156 Å². The third-order valence-corrected chi connectivity index (χ3v) is 3.74. The normalized spacial score (nSPS) is 10.3. The second kappa shape index (κ2) is 8.22. The lowest BCUT2D eigenvalue weighted by molar-refractivity contribution is 0.0942. The van der Waals surface area contributed by atoms with Crippen LogP contribution in [0.4, 0.5) is 11.5 Å². The Balaban J connectivity index is 1.80. The van der Waals surface area contributed by atoms with Crippen LogP contribution >= 0.6 is 0 Å². The molecule has 0 atom stereocenters. The molecule has 2 heterocycles. The second-order valence-electron chi connectivity index (χ2n) is 5.64. The molecule has 8 heteroatoms. The van der Waals surface area contributed by atoms with Crippen molar-refractivity contribution in [3.8, 4) is 11.5 Å². The zero-order chi connectivity index (χ0) is 19.2. The first-order valence-corrected chi connectivity index (χ1v) is 8.24. The first-order valence-electron chi connectivity index (χ1n) is 8.24. The van der Waals surface area contributed by atoms with E-state index in [2.05, 4.69) is 20.6 Å². The summed E-state index contributed by atoms with van der Waals surface area (Å²) in [4.78, 5) is 20.9. The minimum absolute atomic E-state index is 0.249. The maximum atomic E-state index is 12.4. The number of aryl methyl sites for hydroxylation is 1. The largest absolute Gasteiger partial charge is 0.497 e. The average Bonchev–Trinajstić information content (AvgIpc) is 3.19. The molecule has 0 aliphatic rings. The molecule has 1 aromatic carbocycles. The van der Waals surface area contributed by atoms with Gasteiger partial charge in [0.15, 0.2) is 0 Å². The molecule has 0 saturated carbocycles. The van der Waals surface area contributed by atoms with Gasteiger partial charge < -0.3 is 24.5 Å². The Hall–Kier alpha value is -3.55. The van der Waals surface area contributed by atoms with Gasteiger partial charge in [0.2, 0.25) is 0 Å². The van der Waals surface area contributed by atoms with E-state index in [1.807, 2.05) is 0 Å². The summed E-state index contributed by atoms with van der Waals surface area (Å²) >= 11 is 0. The van der Waals surface area contributed by atoms with Gasteiger partial charge >= 0.3 is 0 Å². The number of ether oxygens (including phenoxy) is 2. The van der Waals surface area contributed by atoms with Crippen LogP contribution in [0.15, 0.2) is 47.1 Å². The van der Waals surface area contributed by atoms with E-state index in [9.17, 15) is 4.79 Å². The minimum Gasteiger partial charge on any atom is -0.497 e. The number of methoxy groups -OCH3 is 2. The van der Waals surface area contributed by atoms with Crippen LogP contribution in [0.5, 0.6) is 11.5 Å². The summed E-state index contributed by atoms with van der Waals surface area (Å²) in [6.45, 7) is 2.00. The number of hydrogen-bond donors (Lipinski definition) is 2. The molecule has 3 aromatic rings. The Morgan fingerprint density at radius 3 is 2.70 bits per heavy atom. The SMILES string of the molecule is COc1ccc(OC)c(Nc2cc(C(=O)NCc3ccco3)nc(C)n2)c1. The molecule has 2 N–H and O–H groups in total. The lowest BCUT2D eigenvalue weighted by atomic mass is 10.2. The van der Waals surface area contributed by atoms with E-state index in [1.54, 1.807) is 63.8 Å². The number of furan rings is 1. The van der Waals surface area contributed by atoms with Crippen molar-refractivity contribution in [2.24, 2.45) is 0 Å². The van der Waals surface area contributed by atoms with Crippen molar-refractivity contribution in [3.63, 3.8) is 0 Å². The number of aromatic nitrogens is 2. The van der Waals surface area contributed by atoms with E-state index in [1.165, 1.54) is 0 Å². The highest BCUT2D eigenvalue weighted by Crippen LogP contribution is 2.31. The van der Waals surface area contributed by atoms with Gasteiger partial charge in [-0.15, -0.1) is 0 Å². The van der Waals surface area contributed by atoms with Gasteiger partial charge in [-0.25, -0.2) is 9.97 Å². The minimum atomic E-state index is -0.322. The molecule has 1 amide bonds. The maximum Gasteiger partial charge on any atom is 0.270 e. The first-order chi connectivity index (χ1) is 13.1. The van der Waals surface area contributed by atoms with Gasteiger partial charge in [0, 0.05) is 12.1 Å². The molecule has 0 aliphatic heterocycles. The highest BCUT2D eigenvalue weighted by Gasteiger charge is 2.13. The van der Waals surface area contributed by atoms with Crippen molar-refractivity contribution in [1.82, 2.24) is 15.3 Å². The number of anilines is 2. The fourth-order valence-electron chi connectivity index (χ4n) is 2.47. The molecule has 3 rings (SSSR count). The van der Waals surface area contributed by atoms with E-state index in [4.69, 9.17) is 13.9 Å². The predicted octanol–water partition coefficient (Wildman–Crippen LogP) is 3.07. The maximum absolute atomic E-state index is 12.4. The Morgan fingerprint density at radius 2 is 2.00 bits per heavy atom. The fourth-order valence-corrected chi connectivity index (χ4v) is 2.47. The van der Waals surface area contributed by atoms with Gasteiger partial charge in [0.05, 0.1) is 32.7 Å². The zero-order valence-electron chi connectivity index (χ0n) is 15.3. The number of carbonyl (C=O) groups excluding carboxylic acids is 1. The summed E-state index contributed by atoms with van der Waals surface area (Å²) in [5.41, 5.74) is 0.912. The van der Waals surface area contributed by atoms with Crippen molar-refractivity contribution in [1.29, 1.82) is 0 Å².